The zero-order valence-electron chi connectivity index (χ0n) is 24.1. The summed E-state index contributed by atoms with van der Waals surface area (Å²) < 4.78 is 24.8. The molecule has 45 heavy (non-hydrogen) atoms. The van der Waals surface area contributed by atoms with Gasteiger partial charge in [-0.2, -0.15) is 0 Å². The molecule has 3 heterocycles. The zero-order chi connectivity index (χ0) is 31.3. The third kappa shape index (κ3) is 6.91. The maximum absolute atomic E-state index is 13.8. The van der Waals surface area contributed by atoms with Crippen molar-refractivity contribution in [2.75, 3.05) is 18.5 Å². The highest BCUT2D eigenvalue weighted by molar-refractivity contribution is 8.15. The van der Waals surface area contributed by atoms with Gasteiger partial charge in [0.05, 0.1) is 18.8 Å². The fraction of sp³-hybridized carbons (Fsp3) is 0.242. The number of benzene rings is 3. The molecular formula is C33H29FN4O6S. The third-order valence-corrected chi connectivity index (χ3v) is 8.70. The standard InChI is InChI=1S/C33H29FN4O6S/c34-23-8-4-9-25(18-23)36-32-37(19-26-10-5-17-43-26)31(41)29(45-32)22-11-13-24(14-12-22)35-30(40)27-15-16-28(39)38(27)33(42)44-20-21-6-2-1-3-7-21/h1-4,6-14,18,27,29H,5,15-17,19-20H2,(H,35,40)/b36-32-/t27-,29?/m0/s1. The van der Waals surface area contributed by atoms with Gasteiger partial charge in [0, 0.05) is 18.5 Å². The second-order valence-electron chi connectivity index (χ2n) is 10.6. The molecule has 0 aliphatic carbocycles. The number of hydrogen-bond acceptors (Lipinski definition) is 8. The van der Waals surface area contributed by atoms with Crippen molar-refractivity contribution in [1.82, 2.24) is 9.80 Å². The maximum Gasteiger partial charge on any atom is 0.417 e. The van der Waals surface area contributed by atoms with Crippen LogP contribution in [0.5, 0.6) is 0 Å². The fourth-order valence-electron chi connectivity index (χ4n) is 5.21. The molecule has 3 aliphatic heterocycles. The molecular weight excluding hydrogens is 599 g/mol. The number of anilines is 1. The molecule has 12 heteroatoms. The average molecular weight is 629 g/mol. The summed E-state index contributed by atoms with van der Waals surface area (Å²) in [6.45, 7) is 0.752. The van der Waals surface area contributed by atoms with Gasteiger partial charge in [0.1, 0.15) is 29.5 Å². The van der Waals surface area contributed by atoms with Gasteiger partial charge in [0.15, 0.2) is 5.17 Å². The molecule has 2 atom stereocenters. The van der Waals surface area contributed by atoms with Gasteiger partial charge in [0.2, 0.25) is 17.7 Å². The highest BCUT2D eigenvalue weighted by Gasteiger charge is 2.42. The Hall–Kier alpha value is -4.97. The smallest absolute Gasteiger partial charge is 0.417 e. The van der Waals surface area contributed by atoms with Crippen molar-refractivity contribution >= 4 is 52.1 Å². The van der Waals surface area contributed by atoms with E-state index in [2.05, 4.69) is 10.3 Å². The number of thioether (sulfide) groups is 1. The Morgan fingerprint density at radius 3 is 2.58 bits per heavy atom. The number of carbonyl (C=O) groups is 4. The molecule has 2 saturated heterocycles. The molecule has 6 rings (SSSR count). The number of imide groups is 1. The molecule has 0 bridgehead atoms. The first-order valence-electron chi connectivity index (χ1n) is 14.4. The van der Waals surface area contributed by atoms with Crippen molar-refractivity contribution in [2.24, 2.45) is 4.99 Å². The van der Waals surface area contributed by atoms with E-state index in [4.69, 9.17) is 9.47 Å². The van der Waals surface area contributed by atoms with Crippen LogP contribution in [0.4, 0.5) is 20.6 Å². The van der Waals surface area contributed by atoms with Crippen LogP contribution in [0.25, 0.3) is 0 Å². The second kappa shape index (κ2) is 13.3. The summed E-state index contributed by atoms with van der Waals surface area (Å²) in [4.78, 5) is 58.9. The number of halogens is 1. The number of aliphatic imine (C=N–C) groups is 1. The van der Waals surface area contributed by atoms with Crippen LogP contribution in [0.3, 0.4) is 0 Å². The number of likely N-dealkylation sites (tertiary alicyclic amines) is 1. The lowest BCUT2D eigenvalue weighted by atomic mass is 10.1. The van der Waals surface area contributed by atoms with Gasteiger partial charge in [0.25, 0.3) is 0 Å². The van der Waals surface area contributed by atoms with Crippen molar-refractivity contribution < 1.29 is 33.0 Å². The maximum atomic E-state index is 13.8. The van der Waals surface area contributed by atoms with Gasteiger partial charge in [-0.1, -0.05) is 60.3 Å². The second-order valence-corrected chi connectivity index (χ2v) is 11.6. The van der Waals surface area contributed by atoms with Crippen molar-refractivity contribution in [3.05, 3.63) is 108 Å². The largest absolute Gasteiger partial charge is 0.496 e. The van der Waals surface area contributed by atoms with Crippen LogP contribution in [-0.2, 0) is 30.5 Å². The molecule has 3 aromatic carbocycles. The summed E-state index contributed by atoms with van der Waals surface area (Å²) in [5.74, 6) is -0.935. The Balaban J connectivity index is 1.13. The predicted molar refractivity (Wildman–Crippen MR) is 166 cm³/mol. The van der Waals surface area contributed by atoms with Crippen LogP contribution in [0.1, 0.15) is 35.6 Å². The van der Waals surface area contributed by atoms with E-state index in [0.717, 1.165) is 16.9 Å². The molecule has 2 fully saturated rings. The fourth-order valence-corrected chi connectivity index (χ4v) is 6.38. The molecule has 1 unspecified atom stereocenters. The van der Waals surface area contributed by atoms with E-state index in [-0.39, 0.29) is 31.9 Å². The average Bonchev–Trinajstić information content (AvgIpc) is 3.77. The van der Waals surface area contributed by atoms with Crippen molar-refractivity contribution in [3.63, 3.8) is 0 Å². The van der Waals surface area contributed by atoms with E-state index in [1.165, 1.54) is 28.8 Å². The zero-order valence-corrected chi connectivity index (χ0v) is 24.9. The first kappa shape index (κ1) is 30.1. The van der Waals surface area contributed by atoms with Gasteiger partial charge >= 0.3 is 6.09 Å². The number of carbonyl (C=O) groups excluding carboxylic acids is 4. The first-order valence-corrected chi connectivity index (χ1v) is 15.3. The normalized spacial score (nSPS) is 20.4. The number of ether oxygens (including phenoxy) is 2. The number of amidine groups is 1. The summed E-state index contributed by atoms with van der Waals surface area (Å²) in [5.41, 5.74) is 2.27. The minimum atomic E-state index is -1.00. The third-order valence-electron chi connectivity index (χ3n) is 7.47. The molecule has 0 spiro atoms. The van der Waals surface area contributed by atoms with Crippen molar-refractivity contribution in [2.45, 2.75) is 37.2 Å². The number of amides is 4. The minimum absolute atomic E-state index is 0.0200. The lowest BCUT2D eigenvalue weighted by molar-refractivity contribution is -0.131. The van der Waals surface area contributed by atoms with E-state index in [0.29, 0.717) is 34.5 Å². The van der Waals surface area contributed by atoms with Crippen LogP contribution >= 0.6 is 11.8 Å². The van der Waals surface area contributed by atoms with E-state index in [1.807, 2.05) is 24.3 Å². The molecule has 0 radical (unpaired) electrons. The van der Waals surface area contributed by atoms with Crippen molar-refractivity contribution in [3.8, 4) is 0 Å². The summed E-state index contributed by atoms with van der Waals surface area (Å²) in [7, 11) is 0. The van der Waals surface area contributed by atoms with Crippen LogP contribution in [-0.4, -0.2) is 58.0 Å². The Bertz CT molecular complexity index is 1680. The summed E-state index contributed by atoms with van der Waals surface area (Å²) >= 11 is 1.25. The SMILES string of the molecule is O=C(Nc1ccc(C2S/C(=N\c3cccc(F)c3)N(CC3=CCCO3)C2=O)cc1)[C@@H]1CCC(=O)N1C(=O)OCc1ccccc1. The van der Waals surface area contributed by atoms with E-state index >= 15 is 0 Å². The highest BCUT2D eigenvalue weighted by Crippen LogP contribution is 2.41. The molecule has 10 nitrogen and oxygen atoms in total. The van der Waals surface area contributed by atoms with Crippen LogP contribution in [0.15, 0.2) is 95.7 Å². The molecule has 3 aromatic rings. The molecule has 3 aliphatic rings. The van der Waals surface area contributed by atoms with Crippen LogP contribution < -0.4 is 5.32 Å². The molecule has 4 amide bonds. The predicted octanol–water partition coefficient (Wildman–Crippen LogP) is 5.70. The van der Waals surface area contributed by atoms with Gasteiger partial charge in [-0.3, -0.25) is 19.3 Å². The number of rotatable bonds is 8. The highest BCUT2D eigenvalue weighted by atomic mass is 32.2. The lowest BCUT2D eigenvalue weighted by Crippen LogP contribution is -2.45. The minimum Gasteiger partial charge on any atom is -0.496 e. The topological polar surface area (TPSA) is 118 Å². The van der Waals surface area contributed by atoms with E-state index in [9.17, 15) is 23.6 Å². The van der Waals surface area contributed by atoms with Gasteiger partial charge < -0.3 is 14.8 Å². The van der Waals surface area contributed by atoms with Gasteiger partial charge in [-0.15, -0.1) is 0 Å². The van der Waals surface area contributed by atoms with Gasteiger partial charge in [-0.05, 0) is 54.0 Å². The quantitative estimate of drug-likeness (QED) is 0.340. The van der Waals surface area contributed by atoms with Crippen LogP contribution in [0, 0.1) is 5.82 Å². The Kier molecular flexibility index (Phi) is 8.92. The Morgan fingerprint density at radius 2 is 1.84 bits per heavy atom. The summed E-state index contributed by atoms with van der Waals surface area (Å²) in [6.07, 6.45) is 2.06. The van der Waals surface area contributed by atoms with E-state index < -0.39 is 35.0 Å². The molecule has 0 saturated carbocycles. The molecule has 1 N–H and O–H groups in total. The molecule has 230 valence electrons. The monoisotopic (exact) mass is 628 g/mol. The van der Waals surface area contributed by atoms with Gasteiger partial charge in [-0.25, -0.2) is 19.1 Å². The van der Waals surface area contributed by atoms with Crippen molar-refractivity contribution in [1.29, 1.82) is 0 Å². The first-order chi connectivity index (χ1) is 21.9. The number of nitrogens with zero attached hydrogens (tertiary/aromatic N) is 3. The number of nitrogens with one attached hydrogen (secondary N) is 1. The number of hydrogen-bond donors (Lipinski definition) is 1. The Morgan fingerprint density at radius 1 is 1.04 bits per heavy atom. The molecule has 0 aromatic heterocycles. The Labute approximate surface area is 262 Å². The summed E-state index contributed by atoms with van der Waals surface area (Å²) in [5, 5.41) is 2.58. The lowest BCUT2D eigenvalue weighted by Gasteiger charge is -2.22. The van der Waals surface area contributed by atoms with Crippen LogP contribution in [0.2, 0.25) is 0 Å². The summed E-state index contributed by atoms with van der Waals surface area (Å²) in [6, 6.07) is 20.7. The van der Waals surface area contributed by atoms with E-state index in [1.54, 1.807) is 48.5 Å².